The zero-order valence-electron chi connectivity index (χ0n) is 10.2. The number of nitrogens with two attached hydrogens (primary N) is 1. The first-order chi connectivity index (χ1) is 8.52. The predicted molar refractivity (Wildman–Crippen MR) is 72.3 cm³/mol. The molecule has 0 aliphatic carbocycles. The highest BCUT2D eigenvalue weighted by Crippen LogP contribution is 2.21. The maximum Gasteiger partial charge on any atom is 0.267 e. The van der Waals surface area contributed by atoms with Gasteiger partial charge in [-0.2, -0.15) is 10.2 Å². The molecule has 0 fully saturated rings. The Kier molecular flexibility index (Phi) is 3.51. The number of anilines is 1. The van der Waals surface area contributed by atoms with Crippen molar-refractivity contribution in [1.82, 2.24) is 19.6 Å². The lowest BCUT2D eigenvalue weighted by Gasteiger charge is -2.07. The second-order valence-corrected chi connectivity index (χ2v) is 4.71. The van der Waals surface area contributed by atoms with E-state index in [1.54, 1.807) is 0 Å². The van der Waals surface area contributed by atoms with Crippen LogP contribution in [0.25, 0.3) is 0 Å². The molecule has 0 atom stereocenters. The van der Waals surface area contributed by atoms with E-state index in [1.807, 2.05) is 18.5 Å². The van der Waals surface area contributed by atoms with Crippen LogP contribution in [0, 0.1) is 6.92 Å². The number of halogens is 1. The summed E-state index contributed by atoms with van der Waals surface area (Å²) in [5, 5.41) is 8.39. The molecular weight excluding hydrogens is 298 g/mol. The Bertz CT molecular complexity index is 631. The van der Waals surface area contributed by atoms with Gasteiger partial charge in [-0.1, -0.05) is 0 Å². The Labute approximate surface area is 113 Å². The number of nitrogens with zero attached hydrogens (tertiary/aromatic N) is 4. The fourth-order valence-corrected chi connectivity index (χ4v) is 2.15. The smallest absolute Gasteiger partial charge is 0.267 e. The molecule has 0 saturated heterocycles. The molecule has 2 aromatic rings. The van der Waals surface area contributed by atoms with Gasteiger partial charge < -0.3 is 5.73 Å². The highest BCUT2D eigenvalue weighted by atomic mass is 79.9. The van der Waals surface area contributed by atoms with Gasteiger partial charge in [0.25, 0.3) is 5.56 Å². The van der Waals surface area contributed by atoms with E-state index >= 15 is 0 Å². The standard InChI is InChI=1S/C11H14BrN5O/c1-3-16-8(11(12)7(2)14-16)6-17-10(18)5-4-9(13)15-17/h4-5H,3,6H2,1-2H3,(H2,13,15). The number of rotatable bonds is 3. The van der Waals surface area contributed by atoms with Crippen molar-refractivity contribution in [3.05, 3.63) is 38.3 Å². The van der Waals surface area contributed by atoms with Crippen LogP contribution in [0.5, 0.6) is 0 Å². The molecule has 0 bridgehead atoms. The molecule has 0 unspecified atom stereocenters. The molecule has 18 heavy (non-hydrogen) atoms. The Morgan fingerprint density at radius 3 is 2.72 bits per heavy atom. The van der Waals surface area contributed by atoms with Crippen molar-refractivity contribution < 1.29 is 0 Å². The molecule has 0 aliphatic heterocycles. The number of hydrogen-bond acceptors (Lipinski definition) is 4. The number of aryl methyl sites for hydroxylation is 2. The number of hydrogen-bond donors (Lipinski definition) is 1. The molecule has 0 radical (unpaired) electrons. The van der Waals surface area contributed by atoms with E-state index in [2.05, 4.69) is 26.1 Å². The van der Waals surface area contributed by atoms with E-state index in [0.29, 0.717) is 12.4 Å². The van der Waals surface area contributed by atoms with Crippen molar-refractivity contribution in [2.45, 2.75) is 26.9 Å². The molecule has 0 saturated carbocycles. The highest BCUT2D eigenvalue weighted by Gasteiger charge is 2.13. The van der Waals surface area contributed by atoms with E-state index in [1.165, 1.54) is 16.8 Å². The molecular formula is C11H14BrN5O. The van der Waals surface area contributed by atoms with Crippen LogP contribution in [0.1, 0.15) is 18.3 Å². The van der Waals surface area contributed by atoms with Crippen molar-refractivity contribution >= 4 is 21.7 Å². The molecule has 96 valence electrons. The lowest BCUT2D eigenvalue weighted by molar-refractivity contribution is 0.560. The first-order valence-corrected chi connectivity index (χ1v) is 6.37. The fraction of sp³-hybridized carbons (Fsp3) is 0.364. The second kappa shape index (κ2) is 4.93. The van der Waals surface area contributed by atoms with Gasteiger partial charge in [-0.25, -0.2) is 4.68 Å². The second-order valence-electron chi connectivity index (χ2n) is 3.92. The Morgan fingerprint density at radius 1 is 1.33 bits per heavy atom. The summed E-state index contributed by atoms with van der Waals surface area (Å²) in [5.41, 5.74) is 7.21. The number of nitrogen functional groups attached to an aromatic ring is 1. The van der Waals surface area contributed by atoms with Crippen LogP contribution in [0.15, 0.2) is 21.4 Å². The molecule has 0 amide bonds. The van der Waals surface area contributed by atoms with Gasteiger partial charge in [0.15, 0.2) is 0 Å². The summed E-state index contributed by atoms with van der Waals surface area (Å²) in [7, 11) is 0. The molecule has 7 heteroatoms. The minimum atomic E-state index is -0.183. The van der Waals surface area contributed by atoms with Gasteiger partial charge in [-0.15, -0.1) is 0 Å². The zero-order chi connectivity index (χ0) is 13.3. The Morgan fingerprint density at radius 2 is 2.06 bits per heavy atom. The summed E-state index contributed by atoms with van der Waals surface area (Å²) < 4.78 is 4.08. The predicted octanol–water partition coefficient (Wildman–Crippen LogP) is 1.16. The van der Waals surface area contributed by atoms with Gasteiger partial charge in [0.05, 0.1) is 22.4 Å². The average molecular weight is 312 g/mol. The molecule has 0 spiro atoms. The highest BCUT2D eigenvalue weighted by molar-refractivity contribution is 9.10. The molecule has 2 N–H and O–H groups in total. The van der Waals surface area contributed by atoms with Gasteiger partial charge in [-0.3, -0.25) is 9.48 Å². The topological polar surface area (TPSA) is 78.7 Å². The van der Waals surface area contributed by atoms with Gasteiger partial charge in [0.2, 0.25) is 0 Å². The van der Waals surface area contributed by atoms with Gasteiger partial charge >= 0.3 is 0 Å². The Hall–Kier alpha value is -1.63. The van der Waals surface area contributed by atoms with Crippen molar-refractivity contribution in [2.24, 2.45) is 0 Å². The average Bonchev–Trinajstić information content (AvgIpc) is 2.61. The third-order valence-corrected chi connectivity index (χ3v) is 3.67. The summed E-state index contributed by atoms with van der Waals surface area (Å²) in [6, 6.07) is 2.91. The normalized spacial score (nSPS) is 10.8. The summed E-state index contributed by atoms with van der Waals surface area (Å²) in [5.74, 6) is 0.324. The maximum atomic E-state index is 11.7. The first kappa shape index (κ1) is 12.8. The quantitative estimate of drug-likeness (QED) is 0.922. The number of aromatic nitrogens is 4. The van der Waals surface area contributed by atoms with Gasteiger partial charge in [-0.05, 0) is 35.8 Å². The fourth-order valence-electron chi connectivity index (χ4n) is 1.74. The van der Waals surface area contributed by atoms with Crippen LogP contribution >= 0.6 is 15.9 Å². The minimum Gasteiger partial charge on any atom is -0.382 e. The molecule has 0 aliphatic rings. The Balaban J connectivity index is 2.45. The lowest BCUT2D eigenvalue weighted by atomic mass is 10.3. The maximum absolute atomic E-state index is 11.7. The van der Waals surface area contributed by atoms with E-state index in [9.17, 15) is 4.79 Å². The summed E-state index contributed by atoms with van der Waals surface area (Å²) in [6.45, 7) is 4.99. The van der Waals surface area contributed by atoms with Gasteiger partial charge in [0, 0.05) is 12.6 Å². The van der Waals surface area contributed by atoms with Crippen LogP contribution in [0.4, 0.5) is 5.82 Å². The summed E-state index contributed by atoms with van der Waals surface area (Å²) >= 11 is 3.48. The van der Waals surface area contributed by atoms with E-state index in [0.717, 1.165) is 22.4 Å². The molecule has 2 heterocycles. The van der Waals surface area contributed by atoms with Crippen molar-refractivity contribution in [3.63, 3.8) is 0 Å². The van der Waals surface area contributed by atoms with Crippen LogP contribution in [-0.4, -0.2) is 19.6 Å². The molecule has 6 nitrogen and oxygen atoms in total. The van der Waals surface area contributed by atoms with Crippen LogP contribution in [-0.2, 0) is 13.1 Å². The van der Waals surface area contributed by atoms with E-state index < -0.39 is 0 Å². The largest absolute Gasteiger partial charge is 0.382 e. The third-order valence-electron chi connectivity index (χ3n) is 2.64. The van der Waals surface area contributed by atoms with Crippen molar-refractivity contribution in [1.29, 1.82) is 0 Å². The van der Waals surface area contributed by atoms with Gasteiger partial charge in [0.1, 0.15) is 5.82 Å². The lowest BCUT2D eigenvalue weighted by Crippen LogP contribution is -2.24. The summed E-state index contributed by atoms with van der Waals surface area (Å²) in [4.78, 5) is 11.7. The third kappa shape index (κ3) is 2.31. The molecule has 2 rings (SSSR count). The van der Waals surface area contributed by atoms with Crippen molar-refractivity contribution in [2.75, 3.05) is 5.73 Å². The van der Waals surface area contributed by atoms with Crippen LogP contribution in [0.2, 0.25) is 0 Å². The molecule has 0 aromatic carbocycles. The van der Waals surface area contributed by atoms with Crippen LogP contribution < -0.4 is 11.3 Å². The zero-order valence-corrected chi connectivity index (χ0v) is 11.8. The van der Waals surface area contributed by atoms with E-state index in [-0.39, 0.29) is 5.56 Å². The minimum absolute atomic E-state index is 0.183. The van der Waals surface area contributed by atoms with E-state index in [4.69, 9.17) is 5.73 Å². The SMILES string of the molecule is CCn1nc(C)c(Br)c1Cn1nc(N)ccc1=O. The van der Waals surface area contributed by atoms with Crippen molar-refractivity contribution in [3.8, 4) is 0 Å². The monoisotopic (exact) mass is 311 g/mol. The first-order valence-electron chi connectivity index (χ1n) is 5.58. The summed E-state index contributed by atoms with van der Waals surface area (Å²) in [6.07, 6.45) is 0. The van der Waals surface area contributed by atoms with Crippen LogP contribution in [0.3, 0.4) is 0 Å². The molecule has 2 aromatic heterocycles.